The highest BCUT2D eigenvalue weighted by molar-refractivity contribution is 5.95. The highest BCUT2D eigenvalue weighted by atomic mass is 16.5. The minimum Gasteiger partial charge on any atom is -0.491 e. The molecule has 0 atom stereocenters. The molecule has 1 aromatic rings. The van der Waals surface area contributed by atoms with E-state index in [1.165, 1.54) is 0 Å². The molecule has 0 heterocycles. The quantitative estimate of drug-likeness (QED) is 0.735. The molecule has 0 aromatic heterocycles. The molecule has 0 saturated carbocycles. The van der Waals surface area contributed by atoms with Crippen molar-refractivity contribution in [1.29, 1.82) is 0 Å². The van der Waals surface area contributed by atoms with Crippen LogP contribution in [-0.2, 0) is 0 Å². The fraction of sp³-hybridized carbons (Fsp3) is 0.364. The summed E-state index contributed by atoms with van der Waals surface area (Å²) in [5.41, 5.74) is 6.78. The number of hydrogen-bond donors (Lipinski definition) is 2. The number of benzene rings is 1. The summed E-state index contributed by atoms with van der Waals surface area (Å²) >= 11 is 0. The van der Waals surface area contributed by atoms with E-state index in [2.05, 4.69) is 5.32 Å². The Hall–Kier alpha value is -1.71. The number of carbonyl (C=O) groups is 1. The molecule has 1 amide bonds. The number of nitrogens with two attached hydrogens (primary N) is 1. The summed E-state index contributed by atoms with van der Waals surface area (Å²) in [6, 6.07) is 5.03. The second kappa shape index (κ2) is 5.24. The van der Waals surface area contributed by atoms with Gasteiger partial charge in [0, 0.05) is 12.6 Å². The Balaban J connectivity index is 2.83. The number of rotatable bonds is 4. The first-order valence-corrected chi connectivity index (χ1v) is 4.93. The Morgan fingerprint density at radius 1 is 1.53 bits per heavy atom. The number of hydrogen-bond acceptors (Lipinski definition) is 3. The highest BCUT2D eigenvalue weighted by Gasteiger charge is 2.06. The summed E-state index contributed by atoms with van der Waals surface area (Å²) in [5, 5.41) is 2.54. The van der Waals surface area contributed by atoms with E-state index in [4.69, 9.17) is 10.5 Å². The number of amides is 1. The minimum absolute atomic E-state index is 0.149. The van der Waals surface area contributed by atoms with Crippen LogP contribution >= 0.6 is 0 Å². The van der Waals surface area contributed by atoms with Crippen LogP contribution in [0.2, 0.25) is 0 Å². The van der Waals surface area contributed by atoms with Crippen molar-refractivity contribution in [3.05, 3.63) is 23.8 Å². The first-order chi connectivity index (χ1) is 7.19. The molecule has 0 fully saturated rings. The Labute approximate surface area is 89.4 Å². The molecule has 0 saturated heterocycles. The lowest BCUT2D eigenvalue weighted by atomic mass is 10.2. The summed E-state index contributed by atoms with van der Waals surface area (Å²) in [7, 11) is 1.58. The second-order valence-corrected chi connectivity index (χ2v) is 3.18. The van der Waals surface area contributed by atoms with E-state index in [9.17, 15) is 4.79 Å². The lowest BCUT2D eigenvalue weighted by molar-refractivity contribution is 0.0963. The van der Waals surface area contributed by atoms with Crippen LogP contribution in [0.15, 0.2) is 18.2 Å². The van der Waals surface area contributed by atoms with Crippen molar-refractivity contribution < 1.29 is 9.53 Å². The first-order valence-electron chi connectivity index (χ1n) is 4.93. The summed E-state index contributed by atoms with van der Waals surface area (Å²) < 4.78 is 5.40. The molecular weight excluding hydrogens is 192 g/mol. The maximum atomic E-state index is 11.3. The van der Waals surface area contributed by atoms with Crippen molar-refractivity contribution in [3.8, 4) is 5.75 Å². The summed E-state index contributed by atoms with van der Waals surface area (Å²) in [4.78, 5) is 11.3. The maximum Gasteiger partial charge on any atom is 0.251 e. The number of nitrogen functional groups attached to an aromatic ring is 1. The predicted molar refractivity (Wildman–Crippen MR) is 60.0 cm³/mol. The molecule has 0 unspecified atom stereocenters. The van der Waals surface area contributed by atoms with Gasteiger partial charge in [-0.25, -0.2) is 0 Å². The van der Waals surface area contributed by atoms with Crippen molar-refractivity contribution in [2.24, 2.45) is 0 Å². The van der Waals surface area contributed by atoms with Gasteiger partial charge < -0.3 is 15.8 Å². The topological polar surface area (TPSA) is 64.3 Å². The van der Waals surface area contributed by atoms with E-state index in [1.54, 1.807) is 25.2 Å². The molecule has 1 rings (SSSR count). The van der Waals surface area contributed by atoms with Gasteiger partial charge in [-0.15, -0.1) is 0 Å². The van der Waals surface area contributed by atoms with E-state index in [-0.39, 0.29) is 5.91 Å². The van der Waals surface area contributed by atoms with E-state index in [0.29, 0.717) is 23.6 Å². The lowest BCUT2D eigenvalue weighted by Crippen LogP contribution is -2.17. The van der Waals surface area contributed by atoms with Crippen LogP contribution in [-0.4, -0.2) is 19.6 Å². The van der Waals surface area contributed by atoms with Crippen LogP contribution in [0.25, 0.3) is 0 Å². The van der Waals surface area contributed by atoms with Crippen LogP contribution in [0.3, 0.4) is 0 Å². The standard InChI is InChI=1S/C11H16N2O2/c1-3-6-15-10-5-4-8(7-9(10)12)11(14)13-2/h4-5,7H,3,6,12H2,1-2H3,(H,13,14). The predicted octanol–water partition coefficient (Wildman–Crippen LogP) is 1.42. The SMILES string of the molecule is CCCOc1ccc(C(=O)NC)cc1N. The van der Waals surface area contributed by atoms with Gasteiger partial charge in [-0.1, -0.05) is 6.92 Å². The molecular formula is C11H16N2O2. The normalized spacial score (nSPS) is 9.73. The summed E-state index contributed by atoms with van der Waals surface area (Å²) in [6.45, 7) is 2.65. The average Bonchev–Trinajstić information content (AvgIpc) is 2.26. The van der Waals surface area contributed by atoms with Gasteiger partial charge in [-0.2, -0.15) is 0 Å². The third kappa shape index (κ3) is 2.87. The molecule has 0 spiro atoms. The van der Waals surface area contributed by atoms with Crippen LogP contribution < -0.4 is 15.8 Å². The van der Waals surface area contributed by atoms with Crippen molar-refractivity contribution in [3.63, 3.8) is 0 Å². The molecule has 4 nitrogen and oxygen atoms in total. The van der Waals surface area contributed by atoms with Gasteiger partial charge in [-0.05, 0) is 24.6 Å². The molecule has 3 N–H and O–H groups in total. The van der Waals surface area contributed by atoms with Crippen molar-refractivity contribution in [2.45, 2.75) is 13.3 Å². The number of nitrogens with one attached hydrogen (secondary N) is 1. The van der Waals surface area contributed by atoms with Crippen molar-refractivity contribution in [1.82, 2.24) is 5.32 Å². The summed E-state index contributed by atoms with van der Waals surface area (Å²) in [6.07, 6.45) is 0.927. The minimum atomic E-state index is -0.149. The average molecular weight is 208 g/mol. The molecule has 0 bridgehead atoms. The fourth-order valence-electron chi connectivity index (χ4n) is 1.18. The van der Waals surface area contributed by atoms with Gasteiger partial charge in [0.2, 0.25) is 0 Å². The number of carbonyl (C=O) groups excluding carboxylic acids is 1. The lowest BCUT2D eigenvalue weighted by Gasteiger charge is -2.08. The molecule has 4 heteroatoms. The van der Waals surface area contributed by atoms with Crippen molar-refractivity contribution >= 4 is 11.6 Å². The zero-order chi connectivity index (χ0) is 11.3. The van der Waals surface area contributed by atoms with Gasteiger partial charge >= 0.3 is 0 Å². The van der Waals surface area contributed by atoms with Gasteiger partial charge in [0.1, 0.15) is 5.75 Å². The number of ether oxygens (including phenoxy) is 1. The fourth-order valence-corrected chi connectivity index (χ4v) is 1.18. The van der Waals surface area contributed by atoms with E-state index >= 15 is 0 Å². The molecule has 15 heavy (non-hydrogen) atoms. The molecule has 0 aliphatic heterocycles. The zero-order valence-electron chi connectivity index (χ0n) is 9.04. The molecule has 1 aromatic carbocycles. The van der Waals surface area contributed by atoms with Gasteiger partial charge in [0.15, 0.2) is 0 Å². The zero-order valence-corrected chi connectivity index (χ0v) is 9.04. The first kappa shape index (κ1) is 11.4. The second-order valence-electron chi connectivity index (χ2n) is 3.18. The molecule has 0 aliphatic rings. The van der Waals surface area contributed by atoms with Crippen molar-refractivity contribution in [2.75, 3.05) is 19.4 Å². The number of anilines is 1. The Kier molecular flexibility index (Phi) is 3.97. The molecule has 0 radical (unpaired) electrons. The van der Waals surface area contributed by atoms with Gasteiger partial charge in [0.25, 0.3) is 5.91 Å². The van der Waals surface area contributed by atoms with Crippen LogP contribution in [0.5, 0.6) is 5.75 Å². The van der Waals surface area contributed by atoms with Crippen LogP contribution in [0.4, 0.5) is 5.69 Å². The third-order valence-corrected chi connectivity index (χ3v) is 1.96. The van der Waals surface area contributed by atoms with Crippen LogP contribution in [0.1, 0.15) is 23.7 Å². The Bertz CT molecular complexity index is 350. The van der Waals surface area contributed by atoms with E-state index in [1.807, 2.05) is 6.92 Å². The van der Waals surface area contributed by atoms with Crippen LogP contribution in [0, 0.1) is 0 Å². The van der Waals surface area contributed by atoms with E-state index in [0.717, 1.165) is 6.42 Å². The van der Waals surface area contributed by atoms with Gasteiger partial charge in [-0.3, -0.25) is 4.79 Å². The summed E-state index contributed by atoms with van der Waals surface area (Å²) in [5.74, 6) is 0.480. The van der Waals surface area contributed by atoms with E-state index < -0.39 is 0 Å². The Morgan fingerprint density at radius 3 is 2.80 bits per heavy atom. The third-order valence-electron chi connectivity index (χ3n) is 1.96. The van der Waals surface area contributed by atoms with Gasteiger partial charge in [0.05, 0.1) is 12.3 Å². The maximum absolute atomic E-state index is 11.3. The Morgan fingerprint density at radius 2 is 2.27 bits per heavy atom. The largest absolute Gasteiger partial charge is 0.491 e. The monoisotopic (exact) mass is 208 g/mol. The molecule has 82 valence electrons. The smallest absolute Gasteiger partial charge is 0.251 e. The highest BCUT2D eigenvalue weighted by Crippen LogP contribution is 2.22. The molecule has 0 aliphatic carbocycles.